The number of benzene rings is 1. The van der Waals surface area contributed by atoms with Crippen LogP contribution in [0.1, 0.15) is 17.5 Å². The number of aryl methyl sites for hydroxylation is 2. The first-order chi connectivity index (χ1) is 10.2. The third kappa shape index (κ3) is 2.94. The Bertz CT molecular complexity index is 776. The second kappa shape index (κ2) is 5.79. The number of rotatable bonds is 4. The molecule has 0 saturated carbocycles. The SMILES string of the molecule is Cc1ccncc1NC(=O)CCc1c[nH]c2ccccc12. The molecule has 3 rings (SSSR count). The molecule has 0 spiro atoms. The number of carbonyl (C=O) groups is 1. The van der Waals surface area contributed by atoms with E-state index in [4.69, 9.17) is 0 Å². The van der Waals surface area contributed by atoms with E-state index in [1.165, 1.54) is 10.9 Å². The minimum atomic E-state index is 0.0105. The molecule has 0 radical (unpaired) electrons. The minimum Gasteiger partial charge on any atom is -0.361 e. The van der Waals surface area contributed by atoms with Gasteiger partial charge in [-0.2, -0.15) is 0 Å². The summed E-state index contributed by atoms with van der Waals surface area (Å²) in [6.45, 7) is 1.96. The molecule has 106 valence electrons. The van der Waals surface area contributed by atoms with Crippen molar-refractivity contribution in [2.24, 2.45) is 0 Å². The number of amides is 1. The van der Waals surface area contributed by atoms with Gasteiger partial charge in [0.1, 0.15) is 0 Å². The van der Waals surface area contributed by atoms with Gasteiger partial charge in [0.25, 0.3) is 0 Å². The number of pyridine rings is 1. The average Bonchev–Trinajstić information content (AvgIpc) is 2.91. The number of anilines is 1. The molecule has 0 bridgehead atoms. The van der Waals surface area contributed by atoms with Crippen LogP contribution in [0.25, 0.3) is 10.9 Å². The molecule has 2 N–H and O–H groups in total. The van der Waals surface area contributed by atoms with Crippen LogP contribution in [0.4, 0.5) is 5.69 Å². The summed E-state index contributed by atoms with van der Waals surface area (Å²) in [4.78, 5) is 19.3. The van der Waals surface area contributed by atoms with Gasteiger partial charge in [0, 0.05) is 29.7 Å². The fourth-order valence-electron chi connectivity index (χ4n) is 2.39. The number of fused-ring (bicyclic) bond motifs is 1. The van der Waals surface area contributed by atoms with Crippen LogP contribution in [0.2, 0.25) is 0 Å². The van der Waals surface area contributed by atoms with Crippen LogP contribution in [0, 0.1) is 6.92 Å². The first kappa shape index (κ1) is 13.4. The summed E-state index contributed by atoms with van der Waals surface area (Å²) >= 11 is 0. The third-order valence-corrected chi connectivity index (χ3v) is 3.61. The number of para-hydroxylation sites is 1. The number of hydrogen-bond acceptors (Lipinski definition) is 2. The largest absolute Gasteiger partial charge is 0.361 e. The Kier molecular flexibility index (Phi) is 3.69. The van der Waals surface area contributed by atoms with E-state index in [0.717, 1.165) is 23.2 Å². The molecule has 21 heavy (non-hydrogen) atoms. The summed E-state index contributed by atoms with van der Waals surface area (Å²) in [6, 6.07) is 10.0. The number of hydrogen-bond donors (Lipinski definition) is 2. The lowest BCUT2D eigenvalue weighted by Crippen LogP contribution is -2.13. The molecule has 2 heterocycles. The van der Waals surface area contributed by atoms with Crippen LogP contribution >= 0.6 is 0 Å². The number of aromatic nitrogens is 2. The molecule has 3 aromatic rings. The average molecular weight is 279 g/mol. The van der Waals surface area contributed by atoms with E-state index in [2.05, 4.69) is 21.4 Å². The predicted octanol–water partition coefficient (Wildman–Crippen LogP) is 3.44. The van der Waals surface area contributed by atoms with Gasteiger partial charge in [-0.05, 0) is 36.6 Å². The van der Waals surface area contributed by atoms with Gasteiger partial charge < -0.3 is 10.3 Å². The van der Waals surface area contributed by atoms with Crippen LogP contribution in [-0.4, -0.2) is 15.9 Å². The lowest BCUT2D eigenvalue weighted by molar-refractivity contribution is -0.116. The zero-order valence-electron chi connectivity index (χ0n) is 11.9. The molecule has 0 saturated heterocycles. The van der Waals surface area contributed by atoms with Gasteiger partial charge in [-0.3, -0.25) is 9.78 Å². The molecule has 4 heteroatoms. The zero-order chi connectivity index (χ0) is 14.7. The summed E-state index contributed by atoms with van der Waals surface area (Å²) in [6.07, 6.45) is 6.55. The van der Waals surface area contributed by atoms with Crippen molar-refractivity contribution in [3.8, 4) is 0 Å². The molecule has 1 aromatic carbocycles. The Morgan fingerprint density at radius 1 is 1.29 bits per heavy atom. The number of carbonyl (C=O) groups excluding carboxylic acids is 1. The Hall–Kier alpha value is -2.62. The Balaban J connectivity index is 1.65. The highest BCUT2D eigenvalue weighted by molar-refractivity contribution is 5.92. The van der Waals surface area contributed by atoms with E-state index in [0.29, 0.717) is 6.42 Å². The molecule has 4 nitrogen and oxygen atoms in total. The Morgan fingerprint density at radius 3 is 3.00 bits per heavy atom. The molecule has 2 aromatic heterocycles. The topological polar surface area (TPSA) is 57.8 Å². The highest BCUT2D eigenvalue weighted by Gasteiger charge is 2.08. The molecule has 0 aliphatic rings. The van der Waals surface area contributed by atoms with Crippen molar-refractivity contribution in [1.82, 2.24) is 9.97 Å². The minimum absolute atomic E-state index is 0.0105. The molecule has 0 aliphatic heterocycles. The first-order valence-corrected chi connectivity index (χ1v) is 6.99. The van der Waals surface area contributed by atoms with Crippen molar-refractivity contribution in [3.63, 3.8) is 0 Å². The molecule has 0 atom stereocenters. The second-order valence-electron chi connectivity index (χ2n) is 5.10. The number of H-pyrrole nitrogens is 1. The van der Waals surface area contributed by atoms with Crippen LogP contribution < -0.4 is 5.32 Å². The summed E-state index contributed by atoms with van der Waals surface area (Å²) in [5, 5.41) is 4.09. The van der Waals surface area contributed by atoms with Crippen molar-refractivity contribution >= 4 is 22.5 Å². The van der Waals surface area contributed by atoms with E-state index in [-0.39, 0.29) is 5.91 Å². The molecular weight excluding hydrogens is 262 g/mol. The molecule has 1 amide bonds. The lowest BCUT2D eigenvalue weighted by Gasteiger charge is -2.07. The van der Waals surface area contributed by atoms with E-state index in [1.54, 1.807) is 12.4 Å². The fourth-order valence-corrected chi connectivity index (χ4v) is 2.39. The van der Waals surface area contributed by atoms with Crippen LogP contribution in [0.5, 0.6) is 0 Å². The molecular formula is C17H17N3O. The van der Waals surface area contributed by atoms with Gasteiger partial charge in [0.05, 0.1) is 11.9 Å². The van der Waals surface area contributed by atoms with E-state index in [1.807, 2.05) is 37.4 Å². The molecule has 0 fully saturated rings. The van der Waals surface area contributed by atoms with Gasteiger partial charge in [-0.15, -0.1) is 0 Å². The fraction of sp³-hybridized carbons (Fsp3) is 0.176. The zero-order valence-corrected chi connectivity index (χ0v) is 11.9. The van der Waals surface area contributed by atoms with Crippen molar-refractivity contribution < 1.29 is 4.79 Å². The molecule has 0 aliphatic carbocycles. The van der Waals surface area contributed by atoms with Gasteiger partial charge in [0.15, 0.2) is 0 Å². The summed E-state index contributed by atoms with van der Waals surface area (Å²) in [7, 11) is 0. The van der Waals surface area contributed by atoms with Gasteiger partial charge in [-0.25, -0.2) is 0 Å². The van der Waals surface area contributed by atoms with Crippen molar-refractivity contribution in [2.75, 3.05) is 5.32 Å². The predicted molar refractivity (Wildman–Crippen MR) is 84.2 cm³/mol. The number of nitrogens with zero attached hydrogens (tertiary/aromatic N) is 1. The highest BCUT2D eigenvalue weighted by Crippen LogP contribution is 2.19. The maximum absolute atomic E-state index is 12.0. The Labute approximate surface area is 123 Å². The summed E-state index contributed by atoms with van der Waals surface area (Å²) < 4.78 is 0. The van der Waals surface area contributed by atoms with E-state index >= 15 is 0 Å². The quantitative estimate of drug-likeness (QED) is 0.768. The van der Waals surface area contributed by atoms with Crippen LogP contribution in [-0.2, 0) is 11.2 Å². The monoisotopic (exact) mass is 279 g/mol. The Morgan fingerprint density at radius 2 is 2.14 bits per heavy atom. The van der Waals surface area contributed by atoms with E-state index < -0.39 is 0 Å². The first-order valence-electron chi connectivity index (χ1n) is 6.99. The van der Waals surface area contributed by atoms with Crippen molar-refractivity contribution in [3.05, 3.63) is 60.0 Å². The van der Waals surface area contributed by atoms with Crippen LogP contribution in [0.15, 0.2) is 48.9 Å². The van der Waals surface area contributed by atoms with Crippen molar-refractivity contribution in [1.29, 1.82) is 0 Å². The maximum atomic E-state index is 12.0. The number of nitrogens with one attached hydrogen (secondary N) is 2. The van der Waals surface area contributed by atoms with E-state index in [9.17, 15) is 4.79 Å². The summed E-state index contributed by atoms with van der Waals surface area (Å²) in [5.41, 5.74) is 4.08. The normalized spacial score (nSPS) is 10.7. The second-order valence-corrected chi connectivity index (χ2v) is 5.10. The third-order valence-electron chi connectivity index (χ3n) is 3.61. The lowest BCUT2D eigenvalue weighted by atomic mass is 10.1. The highest BCUT2D eigenvalue weighted by atomic mass is 16.1. The van der Waals surface area contributed by atoms with Gasteiger partial charge in [-0.1, -0.05) is 18.2 Å². The van der Waals surface area contributed by atoms with Crippen molar-refractivity contribution in [2.45, 2.75) is 19.8 Å². The molecule has 0 unspecified atom stereocenters. The van der Waals surface area contributed by atoms with Crippen LogP contribution in [0.3, 0.4) is 0 Å². The smallest absolute Gasteiger partial charge is 0.224 e. The van der Waals surface area contributed by atoms with Gasteiger partial charge in [0.2, 0.25) is 5.91 Å². The maximum Gasteiger partial charge on any atom is 0.224 e. The van der Waals surface area contributed by atoms with Gasteiger partial charge >= 0.3 is 0 Å². The standard InChI is InChI=1S/C17H17N3O/c1-12-8-9-18-11-16(12)20-17(21)7-6-13-10-19-15-5-3-2-4-14(13)15/h2-5,8-11,19H,6-7H2,1H3,(H,20,21). The summed E-state index contributed by atoms with van der Waals surface area (Å²) in [5.74, 6) is 0.0105. The number of aromatic amines is 1.